The molecule has 36 heavy (non-hydrogen) atoms. The minimum absolute atomic E-state index is 0. The van der Waals surface area contributed by atoms with Crippen molar-refractivity contribution in [1.82, 2.24) is 0 Å². The Kier molecular flexibility index (Phi) is 10.2. The fourth-order valence-electron chi connectivity index (χ4n) is 3.99. The molecule has 0 unspecified atom stereocenters. The van der Waals surface area contributed by atoms with E-state index in [1.54, 1.807) is 0 Å². The molecule has 0 aromatic heterocycles. The summed E-state index contributed by atoms with van der Waals surface area (Å²) in [6.07, 6.45) is 0. The molecule has 0 fully saturated rings. The van der Waals surface area contributed by atoms with Crippen LogP contribution in [0.3, 0.4) is 0 Å². The van der Waals surface area contributed by atoms with Gasteiger partial charge in [-0.15, -0.1) is 24.3 Å². The van der Waals surface area contributed by atoms with Crippen molar-refractivity contribution in [3.8, 4) is 0 Å². The Bertz CT molecular complexity index is 1320. The maximum absolute atomic E-state index is 4.91. The van der Waals surface area contributed by atoms with E-state index in [1.807, 2.05) is 109 Å². The van der Waals surface area contributed by atoms with Crippen LogP contribution >= 0.6 is 0 Å². The van der Waals surface area contributed by atoms with Gasteiger partial charge in [-0.25, -0.2) is 12.1 Å². The molecule has 1 aliphatic carbocycles. The monoisotopic (exact) mass is 548 g/mol. The molecular formula is C32H24Fe2N2-8. The Balaban J connectivity index is 0.000000252. The number of benzene rings is 2. The topological polar surface area (TPSA) is 24.7 Å². The minimum atomic E-state index is 0. The van der Waals surface area contributed by atoms with E-state index in [4.69, 9.17) is 9.98 Å². The van der Waals surface area contributed by atoms with Crippen LogP contribution in [-0.2, 0) is 34.1 Å². The summed E-state index contributed by atoms with van der Waals surface area (Å²) < 4.78 is 0. The van der Waals surface area contributed by atoms with Crippen molar-refractivity contribution in [3.63, 3.8) is 0 Å². The van der Waals surface area contributed by atoms with E-state index in [0.717, 1.165) is 33.9 Å². The predicted molar refractivity (Wildman–Crippen MR) is 144 cm³/mol. The molecule has 7 rings (SSSR count). The quantitative estimate of drug-likeness (QED) is 0.154. The first-order chi connectivity index (χ1) is 16.9. The number of aliphatic imine (C=N–C) groups is 2. The molecule has 0 saturated carbocycles. The van der Waals surface area contributed by atoms with Gasteiger partial charge >= 0.3 is 0 Å². The average molecular weight is 548 g/mol. The second kappa shape index (κ2) is 13.5. The van der Waals surface area contributed by atoms with Crippen LogP contribution < -0.4 is 0 Å². The Hall–Kier alpha value is -3.52. The van der Waals surface area contributed by atoms with Crippen LogP contribution in [0.2, 0.25) is 0 Å². The van der Waals surface area contributed by atoms with E-state index in [9.17, 15) is 0 Å². The van der Waals surface area contributed by atoms with Crippen molar-refractivity contribution < 1.29 is 34.1 Å². The van der Waals surface area contributed by atoms with E-state index in [1.165, 1.54) is 10.8 Å². The van der Waals surface area contributed by atoms with Crippen LogP contribution in [0, 0.1) is 0 Å². The fraction of sp³-hybridized carbons (Fsp3) is 0. The molecule has 0 radical (unpaired) electrons. The third-order valence-corrected chi connectivity index (χ3v) is 5.52. The van der Waals surface area contributed by atoms with Crippen LogP contribution in [-0.4, -0.2) is 11.4 Å². The van der Waals surface area contributed by atoms with Crippen LogP contribution in [0.25, 0.3) is 10.8 Å². The second-order valence-corrected chi connectivity index (χ2v) is 7.84. The molecule has 0 amide bonds. The van der Waals surface area contributed by atoms with Gasteiger partial charge in [0, 0.05) is 34.1 Å². The zero-order valence-corrected chi connectivity index (χ0v) is 21.7. The zero-order valence-electron chi connectivity index (χ0n) is 19.5. The van der Waals surface area contributed by atoms with Crippen molar-refractivity contribution >= 4 is 33.6 Å². The SMILES string of the molecule is [Fe].[Fe].[cH-]1[cH-][cH-][cH-][cH-]1.c1cc2c3c(cccc3c1)C(=N[c-]1cccc1)C2=N[c-]1cccc1.c1cc[cH-]c1. The molecule has 0 spiro atoms. The average Bonchev–Trinajstić information content (AvgIpc) is 3.71. The second-order valence-electron chi connectivity index (χ2n) is 7.84. The van der Waals surface area contributed by atoms with Crippen molar-refractivity contribution in [2.24, 2.45) is 9.98 Å². The van der Waals surface area contributed by atoms with Crippen molar-refractivity contribution in [2.75, 3.05) is 0 Å². The van der Waals surface area contributed by atoms with Gasteiger partial charge in [0.2, 0.25) is 0 Å². The standard InChI is InChI=1S/C22H14N2.2C5H5.2Fe/c1-2-10-16(9-1)23-21-18-13-5-7-15-8-6-14-19(20(15)18)22(21)24-17-11-3-4-12-17;2*1-2-4-5-3-1;;/h1-14H;2*1-5H;;/q-2;-5;-1;;. The Morgan fingerprint density at radius 1 is 0.500 bits per heavy atom. The third kappa shape index (κ3) is 6.37. The van der Waals surface area contributed by atoms with Gasteiger partial charge in [0.1, 0.15) is 0 Å². The molecular weight excluding hydrogens is 524 g/mol. The summed E-state index contributed by atoms with van der Waals surface area (Å²) in [5, 5.41) is 2.48. The van der Waals surface area contributed by atoms with E-state index in [-0.39, 0.29) is 34.1 Å². The van der Waals surface area contributed by atoms with Gasteiger partial charge in [0.15, 0.2) is 0 Å². The molecule has 0 saturated heterocycles. The molecule has 0 heterocycles. The maximum atomic E-state index is 4.91. The van der Waals surface area contributed by atoms with E-state index in [0.29, 0.717) is 0 Å². The summed E-state index contributed by atoms with van der Waals surface area (Å²) in [7, 11) is 0. The number of hydrogen-bond donors (Lipinski definition) is 0. The molecule has 1 aliphatic rings. The molecule has 0 bridgehead atoms. The minimum Gasteiger partial charge on any atom is -0.748 e. The number of nitrogens with zero attached hydrogens (tertiary/aromatic N) is 2. The van der Waals surface area contributed by atoms with Crippen molar-refractivity contribution in [2.45, 2.75) is 0 Å². The molecule has 6 aromatic carbocycles. The summed E-state index contributed by atoms with van der Waals surface area (Å²) in [5.41, 5.74) is 6.16. The van der Waals surface area contributed by atoms with Crippen molar-refractivity contribution in [3.05, 3.63) is 157 Å². The molecule has 4 heteroatoms. The maximum Gasteiger partial charge on any atom is 0 e. The van der Waals surface area contributed by atoms with Gasteiger partial charge in [-0.3, -0.25) is 0 Å². The van der Waals surface area contributed by atoms with Crippen LogP contribution in [0.1, 0.15) is 11.1 Å². The van der Waals surface area contributed by atoms with E-state index < -0.39 is 0 Å². The summed E-state index contributed by atoms with van der Waals surface area (Å²) in [4.78, 5) is 9.81. The van der Waals surface area contributed by atoms with E-state index >= 15 is 0 Å². The third-order valence-electron chi connectivity index (χ3n) is 5.52. The van der Waals surface area contributed by atoms with Gasteiger partial charge in [-0.05, 0) is 44.7 Å². The molecule has 0 N–H and O–H groups in total. The van der Waals surface area contributed by atoms with Gasteiger partial charge in [0.25, 0.3) is 0 Å². The van der Waals surface area contributed by atoms with Crippen LogP contribution in [0.5, 0.6) is 0 Å². The molecule has 2 nitrogen and oxygen atoms in total. The molecule has 0 atom stereocenters. The van der Waals surface area contributed by atoms with Gasteiger partial charge in [-0.2, -0.15) is 42.5 Å². The first kappa shape index (κ1) is 27.1. The summed E-state index contributed by atoms with van der Waals surface area (Å²) in [5.74, 6) is 0. The first-order valence-corrected chi connectivity index (χ1v) is 11.4. The zero-order chi connectivity index (χ0) is 23.0. The predicted octanol–water partition coefficient (Wildman–Crippen LogP) is 8.34. The largest absolute Gasteiger partial charge is 0.748 e. The Labute approximate surface area is 233 Å². The molecule has 186 valence electrons. The van der Waals surface area contributed by atoms with Crippen molar-refractivity contribution in [1.29, 1.82) is 0 Å². The molecule has 0 aliphatic heterocycles. The van der Waals surface area contributed by atoms with Gasteiger partial charge < -0.3 is 40.3 Å². The van der Waals surface area contributed by atoms with Gasteiger partial charge in [0.05, 0.1) is 0 Å². The van der Waals surface area contributed by atoms with Crippen LogP contribution in [0.4, 0.5) is 11.4 Å². The first-order valence-electron chi connectivity index (χ1n) is 11.4. The summed E-state index contributed by atoms with van der Waals surface area (Å²) in [6, 6.07) is 48.9. The normalized spacial score (nSPS) is 13.2. The summed E-state index contributed by atoms with van der Waals surface area (Å²) in [6.45, 7) is 0. The van der Waals surface area contributed by atoms with Crippen LogP contribution in [0.15, 0.2) is 156 Å². The Morgan fingerprint density at radius 3 is 1.28 bits per heavy atom. The van der Waals surface area contributed by atoms with E-state index in [2.05, 4.69) is 36.4 Å². The smallest absolute Gasteiger partial charge is 0 e. The van der Waals surface area contributed by atoms with Gasteiger partial charge in [-0.1, -0.05) is 36.4 Å². The fourth-order valence-corrected chi connectivity index (χ4v) is 3.99. The molecule has 6 aromatic rings. The number of rotatable bonds is 2. The summed E-state index contributed by atoms with van der Waals surface area (Å²) >= 11 is 0. The number of hydrogen-bond acceptors (Lipinski definition) is 2. The Morgan fingerprint density at radius 2 is 0.917 bits per heavy atom.